The Hall–Kier alpha value is -3.55. The summed E-state index contributed by atoms with van der Waals surface area (Å²) in [7, 11) is 3.08. The van der Waals surface area contributed by atoms with Crippen LogP contribution in [0.5, 0.6) is 11.5 Å². The van der Waals surface area contributed by atoms with Crippen molar-refractivity contribution in [2.45, 2.75) is 40.8 Å². The fourth-order valence-electron chi connectivity index (χ4n) is 4.07. The SMILES string of the molecule is COc1ccc(C(=O)NCc2nc3ccccc3n2CC(=O)N(CC(C)C)CC(C)C)cc1OC. The van der Waals surface area contributed by atoms with Crippen molar-refractivity contribution in [3.05, 3.63) is 53.9 Å². The number of imidazole rings is 1. The van der Waals surface area contributed by atoms with Gasteiger partial charge in [-0.05, 0) is 42.2 Å². The first-order chi connectivity index (χ1) is 16.7. The van der Waals surface area contributed by atoms with Crippen LogP contribution < -0.4 is 14.8 Å². The molecule has 2 aromatic carbocycles. The normalized spacial score (nSPS) is 11.2. The Morgan fingerprint density at radius 3 is 2.26 bits per heavy atom. The summed E-state index contributed by atoms with van der Waals surface area (Å²) in [6, 6.07) is 12.7. The van der Waals surface area contributed by atoms with E-state index >= 15 is 0 Å². The predicted octanol–water partition coefficient (Wildman–Crippen LogP) is 4.12. The molecule has 0 aliphatic rings. The predicted molar refractivity (Wildman–Crippen MR) is 137 cm³/mol. The standard InChI is InChI=1S/C27H36N4O4/c1-18(2)15-30(16-19(3)4)26(32)17-31-22-10-8-7-9-21(22)29-25(31)14-28-27(33)20-11-12-23(34-5)24(13-20)35-6/h7-13,18-19H,14-17H2,1-6H3,(H,28,33). The molecule has 0 unspecified atom stereocenters. The Balaban J connectivity index is 1.83. The van der Waals surface area contributed by atoms with Crippen LogP contribution in [0.1, 0.15) is 43.9 Å². The third-order valence-corrected chi connectivity index (χ3v) is 5.60. The molecule has 188 valence electrons. The average molecular weight is 481 g/mol. The van der Waals surface area contributed by atoms with E-state index in [2.05, 4.69) is 33.0 Å². The van der Waals surface area contributed by atoms with Crippen molar-refractivity contribution in [2.24, 2.45) is 11.8 Å². The number of fused-ring (bicyclic) bond motifs is 1. The third-order valence-electron chi connectivity index (χ3n) is 5.60. The summed E-state index contributed by atoms with van der Waals surface area (Å²) in [5.74, 6) is 2.18. The Labute approximate surface area is 207 Å². The van der Waals surface area contributed by atoms with Crippen LogP contribution in [-0.2, 0) is 17.9 Å². The third kappa shape index (κ3) is 6.53. The zero-order valence-corrected chi connectivity index (χ0v) is 21.5. The summed E-state index contributed by atoms with van der Waals surface area (Å²) in [6.07, 6.45) is 0. The van der Waals surface area contributed by atoms with Crippen LogP contribution in [-0.4, -0.2) is 53.6 Å². The molecule has 0 saturated heterocycles. The van der Waals surface area contributed by atoms with Crippen LogP contribution in [0.2, 0.25) is 0 Å². The second-order valence-electron chi connectivity index (χ2n) is 9.44. The smallest absolute Gasteiger partial charge is 0.251 e. The van der Waals surface area contributed by atoms with E-state index in [9.17, 15) is 9.59 Å². The highest BCUT2D eigenvalue weighted by atomic mass is 16.5. The first-order valence-electron chi connectivity index (χ1n) is 12.0. The van der Waals surface area contributed by atoms with E-state index in [4.69, 9.17) is 14.5 Å². The van der Waals surface area contributed by atoms with E-state index in [1.807, 2.05) is 33.7 Å². The zero-order chi connectivity index (χ0) is 25.5. The first kappa shape index (κ1) is 26.1. The van der Waals surface area contributed by atoms with E-state index in [1.54, 1.807) is 25.3 Å². The van der Waals surface area contributed by atoms with Gasteiger partial charge in [-0.2, -0.15) is 0 Å². The van der Waals surface area contributed by atoms with Gasteiger partial charge >= 0.3 is 0 Å². The molecule has 0 aliphatic carbocycles. The van der Waals surface area contributed by atoms with Crippen LogP contribution in [0.4, 0.5) is 0 Å². The Kier molecular flexibility index (Phi) is 8.73. The van der Waals surface area contributed by atoms with Crippen LogP contribution in [0.25, 0.3) is 11.0 Å². The van der Waals surface area contributed by atoms with Crippen LogP contribution in [0, 0.1) is 11.8 Å². The number of ether oxygens (including phenoxy) is 2. The molecule has 3 aromatic rings. The molecule has 1 heterocycles. The number of nitrogens with one attached hydrogen (secondary N) is 1. The average Bonchev–Trinajstić information content (AvgIpc) is 3.18. The number of aromatic nitrogens is 2. The fourth-order valence-corrected chi connectivity index (χ4v) is 4.07. The van der Waals surface area contributed by atoms with Crippen molar-refractivity contribution in [1.82, 2.24) is 19.8 Å². The minimum Gasteiger partial charge on any atom is -0.493 e. The highest BCUT2D eigenvalue weighted by Gasteiger charge is 2.20. The highest BCUT2D eigenvalue weighted by Crippen LogP contribution is 2.27. The summed E-state index contributed by atoms with van der Waals surface area (Å²) in [4.78, 5) is 32.8. The number of rotatable bonds is 11. The van der Waals surface area contributed by atoms with Crippen LogP contribution in [0.3, 0.4) is 0 Å². The number of amides is 2. The number of hydrogen-bond donors (Lipinski definition) is 1. The monoisotopic (exact) mass is 480 g/mol. The summed E-state index contributed by atoms with van der Waals surface area (Å²) in [5.41, 5.74) is 2.10. The lowest BCUT2D eigenvalue weighted by atomic mass is 10.1. The molecular weight excluding hydrogens is 444 g/mol. The molecule has 0 radical (unpaired) electrons. The molecule has 3 rings (SSSR count). The molecule has 2 amide bonds. The number of benzene rings is 2. The molecule has 8 heteroatoms. The van der Waals surface area contributed by atoms with Crippen molar-refractivity contribution in [3.8, 4) is 11.5 Å². The van der Waals surface area contributed by atoms with Gasteiger partial charge in [0.15, 0.2) is 11.5 Å². The van der Waals surface area contributed by atoms with E-state index in [0.29, 0.717) is 47.8 Å². The largest absolute Gasteiger partial charge is 0.493 e. The maximum Gasteiger partial charge on any atom is 0.251 e. The fraction of sp³-hybridized carbons (Fsp3) is 0.444. The van der Waals surface area contributed by atoms with Crippen molar-refractivity contribution < 1.29 is 19.1 Å². The van der Waals surface area contributed by atoms with Crippen LogP contribution in [0.15, 0.2) is 42.5 Å². The minimum absolute atomic E-state index is 0.0445. The Morgan fingerprint density at radius 2 is 1.63 bits per heavy atom. The summed E-state index contributed by atoms with van der Waals surface area (Å²) in [6.45, 7) is 10.2. The first-order valence-corrected chi connectivity index (χ1v) is 12.0. The summed E-state index contributed by atoms with van der Waals surface area (Å²) < 4.78 is 12.5. The summed E-state index contributed by atoms with van der Waals surface area (Å²) in [5, 5.41) is 2.93. The van der Waals surface area contributed by atoms with Gasteiger partial charge in [-0.1, -0.05) is 39.8 Å². The molecule has 0 saturated carbocycles. The second-order valence-corrected chi connectivity index (χ2v) is 9.44. The van der Waals surface area contributed by atoms with Gasteiger partial charge in [-0.3, -0.25) is 9.59 Å². The molecule has 0 bridgehead atoms. The Morgan fingerprint density at radius 1 is 0.971 bits per heavy atom. The van der Waals surface area contributed by atoms with Gasteiger partial charge < -0.3 is 24.3 Å². The van der Waals surface area contributed by atoms with Gasteiger partial charge in [-0.25, -0.2) is 4.98 Å². The lowest BCUT2D eigenvalue weighted by molar-refractivity contribution is -0.132. The van der Waals surface area contributed by atoms with E-state index in [-0.39, 0.29) is 24.9 Å². The number of nitrogens with zero attached hydrogens (tertiary/aromatic N) is 3. The van der Waals surface area contributed by atoms with E-state index in [1.165, 1.54) is 7.11 Å². The molecule has 8 nitrogen and oxygen atoms in total. The van der Waals surface area contributed by atoms with Crippen molar-refractivity contribution in [3.63, 3.8) is 0 Å². The number of hydrogen-bond acceptors (Lipinski definition) is 5. The molecule has 1 aromatic heterocycles. The van der Waals surface area contributed by atoms with Crippen molar-refractivity contribution >= 4 is 22.8 Å². The van der Waals surface area contributed by atoms with Gasteiger partial charge in [0.05, 0.1) is 31.8 Å². The highest BCUT2D eigenvalue weighted by molar-refractivity contribution is 5.95. The molecule has 0 atom stereocenters. The second kappa shape index (κ2) is 11.7. The number of para-hydroxylation sites is 2. The van der Waals surface area contributed by atoms with Gasteiger partial charge in [-0.15, -0.1) is 0 Å². The molecular formula is C27H36N4O4. The van der Waals surface area contributed by atoms with Crippen LogP contribution >= 0.6 is 0 Å². The number of methoxy groups -OCH3 is 2. The van der Waals surface area contributed by atoms with Gasteiger partial charge in [0.2, 0.25) is 5.91 Å². The van der Waals surface area contributed by atoms with Gasteiger partial charge in [0.1, 0.15) is 12.4 Å². The molecule has 0 spiro atoms. The molecule has 0 aliphatic heterocycles. The van der Waals surface area contributed by atoms with E-state index < -0.39 is 0 Å². The topological polar surface area (TPSA) is 85.7 Å². The molecule has 35 heavy (non-hydrogen) atoms. The number of carbonyl (C=O) groups excluding carboxylic acids is 2. The minimum atomic E-state index is -0.267. The van der Waals surface area contributed by atoms with E-state index in [0.717, 1.165) is 11.0 Å². The molecule has 0 fully saturated rings. The quantitative estimate of drug-likeness (QED) is 0.446. The van der Waals surface area contributed by atoms with Crippen molar-refractivity contribution in [2.75, 3.05) is 27.3 Å². The van der Waals surface area contributed by atoms with Gasteiger partial charge in [0.25, 0.3) is 5.91 Å². The maximum atomic E-state index is 13.3. The summed E-state index contributed by atoms with van der Waals surface area (Å²) >= 11 is 0. The molecule has 1 N–H and O–H groups in total. The lowest BCUT2D eigenvalue weighted by Gasteiger charge is -2.27. The lowest BCUT2D eigenvalue weighted by Crippen LogP contribution is -2.39. The maximum absolute atomic E-state index is 13.3. The van der Waals surface area contributed by atoms with Crippen molar-refractivity contribution in [1.29, 1.82) is 0 Å². The van der Waals surface area contributed by atoms with Gasteiger partial charge in [0, 0.05) is 18.7 Å². The zero-order valence-electron chi connectivity index (χ0n) is 21.5. The number of carbonyl (C=O) groups is 2. The Bertz CT molecular complexity index is 1160.